The molecule has 0 saturated carbocycles. The van der Waals surface area contributed by atoms with Crippen LogP contribution in [0.4, 0.5) is 0 Å². The van der Waals surface area contributed by atoms with Crippen molar-refractivity contribution in [3.05, 3.63) is 12.3 Å². The monoisotopic (exact) mass is 169 g/mol. The van der Waals surface area contributed by atoms with Crippen LogP contribution in [0.3, 0.4) is 0 Å². The zero-order chi connectivity index (χ0) is 9.56. The van der Waals surface area contributed by atoms with Gasteiger partial charge in [-0.1, -0.05) is 33.8 Å². The van der Waals surface area contributed by atoms with E-state index in [-0.39, 0.29) is 0 Å². The number of nitrogens with one attached hydrogen (secondary N) is 1. The Morgan fingerprint density at radius 3 is 2.33 bits per heavy atom. The summed E-state index contributed by atoms with van der Waals surface area (Å²) < 4.78 is 0. The molecule has 0 aromatic heterocycles. The van der Waals surface area contributed by atoms with Crippen molar-refractivity contribution in [1.82, 2.24) is 5.32 Å². The van der Waals surface area contributed by atoms with Crippen molar-refractivity contribution in [2.45, 2.75) is 53.0 Å². The first-order valence-corrected chi connectivity index (χ1v) is 5.07. The average molecular weight is 169 g/mol. The quantitative estimate of drug-likeness (QED) is 0.643. The van der Waals surface area contributed by atoms with Crippen LogP contribution in [-0.4, -0.2) is 6.04 Å². The number of rotatable bonds is 6. The Morgan fingerprint density at radius 1 is 1.33 bits per heavy atom. The fraction of sp³-hybridized carbons (Fsp3) is 0.818. The smallest absolute Gasteiger partial charge is 0.0227 e. The van der Waals surface area contributed by atoms with Crippen molar-refractivity contribution in [3.8, 4) is 0 Å². The van der Waals surface area contributed by atoms with E-state index >= 15 is 0 Å². The number of allylic oxidation sites excluding steroid dienone is 1. The Morgan fingerprint density at radius 2 is 1.92 bits per heavy atom. The zero-order valence-electron chi connectivity index (χ0n) is 8.98. The zero-order valence-corrected chi connectivity index (χ0v) is 8.98. The summed E-state index contributed by atoms with van der Waals surface area (Å²) >= 11 is 0. The van der Waals surface area contributed by atoms with Crippen molar-refractivity contribution in [2.75, 3.05) is 0 Å². The van der Waals surface area contributed by atoms with Crippen molar-refractivity contribution < 1.29 is 0 Å². The number of hydrogen-bond acceptors (Lipinski definition) is 1. The molecule has 0 aliphatic carbocycles. The molecule has 0 amide bonds. The van der Waals surface area contributed by atoms with Crippen LogP contribution in [-0.2, 0) is 0 Å². The van der Waals surface area contributed by atoms with Gasteiger partial charge in [0.1, 0.15) is 0 Å². The van der Waals surface area contributed by atoms with Gasteiger partial charge in [0.2, 0.25) is 0 Å². The molecule has 0 aromatic carbocycles. The van der Waals surface area contributed by atoms with Crippen molar-refractivity contribution in [1.29, 1.82) is 0 Å². The molecule has 0 saturated heterocycles. The van der Waals surface area contributed by atoms with Gasteiger partial charge in [0.15, 0.2) is 0 Å². The Balaban J connectivity index is 3.70. The van der Waals surface area contributed by atoms with Crippen molar-refractivity contribution >= 4 is 0 Å². The summed E-state index contributed by atoms with van der Waals surface area (Å²) in [7, 11) is 0. The van der Waals surface area contributed by atoms with Crippen LogP contribution < -0.4 is 5.32 Å². The van der Waals surface area contributed by atoms with Gasteiger partial charge in [-0.05, 0) is 25.7 Å². The van der Waals surface area contributed by atoms with E-state index in [1.807, 2.05) is 0 Å². The Hall–Kier alpha value is -0.460. The van der Waals surface area contributed by atoms with Gasteiger partial charge in [0.25, 0.3) is 0 Å². The molecule has 1 heteroatoms. The second kappa shape index (κ2) is 6.10. The molecule has 2 atom stereocenters. The fourth-order valence-corrected chi connectivity index (χ4v) is 1.17. The molecule has 12 heavy (non-hydrogen) atoms. The summed E-state index contributed by atoms with van der Waals surface area (Å²) in [6, 6.07) is 0.566. The lowest BCUT2D eigenvalue weighted by atomic mass is 10.0. The van der Waals surface area contributed by atoms with E-state index in [2.05, 4.69) is 39.6 Å². The minimum Gasteiger partial charge on any atom is -0.386 e. The lowest BCUT2D eigenvalue weighted by Crippen LogP contribution is -2.27. The first-order chi connectivity index (χ1) is 5.61. The predicted molar refractivity (Wildman–Crippen MR) is 56.1 cm³/mol. The molecule has 0 heterocycles. The largest absolute Gasteiger partial charge is 0.386 e. The molecule has 0 spiro atoms. The third-order valence-electron chi connectivity index (χ3n) is 2.36. The molecule has 1 N–H and O–H groups in total. The normalized spacial score (nSPS) is 15.3. The van der Waals surface area contributed by atoms with Crippen LogP contribution in [0.5, 0.6) is 0 Å². The van der Waals surface area contributed by atoms with Crippen LogP contribution in [0.2, 0.25) is 0 Å². The summed E-state index contributed by atoms with van der Waals surface area (Å²) in [5.41, 5.74) is 1.20. The molecule has 0 aliphatic rings. The molecular formula is C11H23N. The Bertz CT molecular complexity index is 129. The highest BCUT2D eigenvalue weighted by Gasteiger charge is 2.06. The highest BCUT2D eigenvalue weighted by atomic mass is 14.9. The molecule has 1 nitrogen and oxygen atoms in total. The maximum absolute atomic E-state index is 4.05. The third kappa shape index (κ3) is 4.42. The molecule has 0 aromatic rings. The van der Waals surface area contributed by atoms with Gasteiger partial charge in [-0.15, -0.1) is 0 Å². The van der Waals surface area contributed by atoms with E-state index in [9.17, 15) is 0 Å². The number of hydrogen-bond donors (Lipinski definition) is 1. The van der Waals surface area contributed by atoms with Gasteiger partial charge in [0, 0.05) is 11.7 Å². The van der Waals surface area contributed by atoms with E-state index in [4.69, 9.17) is 0 Å². The van der Waals surface area contributed by atoms with Crippen molar-refractivity contribution in [2.24, 2.45) is 5.92 Å². The van der Waals surface area contributed by atoms with Gasteiger partial charge in [-0.2, -0.15) is 0 Å². The minimum atomic E-state index is 0.566. The van der Waals surface area contributed by atoms with E-state index in [1.54, 1.807) is 0 Å². The molecule has 2 unspecified atom stereocenters. The SMILES string of the molecule is C=C(NC(C)CC)C(C)CCC. The van der Waals surface area contributed by atoms with Gasteiger partial charge in [-0.3, -0.25) is 0 Å². The van der Waals surface area contributed by atoms with Crippen LogP contribution in [0, 0.1) is 5.92 Å². The first kappa shape index (κ1) is 11.5. The molecular weight excluding hydrogens is 146 g/mol. The first-order valence-electron chi connectivity index (χ1n) is 5.07. The van der Waals surface area contributed by atoms with E-state index < -0.39 is 0 Å². The molecule has 0 fully saturated rings. The minimum absolute atomic E-state index is 0.566. The second-order valence-electron chi connectivity index (χ2n) is 3.67. The van der Waals surface area contributed by atoms with Gasteiger partial charge >= 0.3 is 0 Å². The molecule has 0 rings (SSSR count). The highest BCUT2D eigenvalue weighted by molar-refractivity contribution is 4.97. The molecule has 72 valence electrons. The standard InChI is InChI=1S/C11H23N/c1-6-8-9(3)11(5)12-10(4)7-2/h9-10,12H,5-8H2,1-4H3. The van der Waals surface area contributed by atoms with Gasteiger partial charge in [0.05, 0.1) is 0 Å². The molecule has 0 aliphatic heterocycles. The summed E-state index contributed by atoms with van der Waals surface area (Å²) in [6.07, 6.45) is 3.64. The average Bonchev–Trinajstić information content (AvgIpc) is 2.04. The molecule has 0 bridgehead atoms. The Kier molecular flexibility index (Phi) is 5.87. The van der Waals surface area contributed by atoms with Gasteiger partial charge < -0.3 is 5.32 Å². The van der Waals surface area contributed by atoms with E-state index in [0.717, 1.165) is 6.42 Å². The maximum Gasteiger partial charge on any atom is 0.0227 e. The van der Waals surface area contributed by atoms with E-state index in [1.165, 1.54) is 18.5 Å². The van der Waals surface area contributed by atoms with Crippen LogP contribution in [0.15, 0.2) is 12.3 Å². The fourth-order valence-electron chi connectivity index (χ4n) is 1.17. The van der Waals surface area contributed by atoms with Crippen molar-refractivity contribution in [3.63, 3.8) is 0 Å². The second-order valence-corrected chi connectivity index (χ2v) is 3.67. The van der Waals surface area contributed by atoms with Crippen LogP contribution in [0.25, 0.3) is 0 Å². The highest BCUT2D eigenvalue weighted by Crippen LogP contribution is 2.12. The summed E-state index contributed by atoms with van der Waals surface area (Å²) in [6.45, 7) is 12.9. The van der Waals surface area contributed by atoms with Crippen LogP contribution in [0.1, 0.15) is 47.0 Å². The predicted octanol–water partition coefficient (Wildman–Crippen LogP) is 3.32. The maximum atomic E-state index is 4.05. The summed E-state index contributed by atoms with van der Waals surface area (Å²) in [5.74, 6) is 0.615. The Labute approximate surface area is 77.2 Å². The van der Waals surface area contributed by atoms with Crippen LogP contribution >= 0.6 is 0 Å². The lowest BCUT2D eigenvalue weighted by molar-refractivity contribution is 0.504. The third-order valence-corrected chi connectivity index (χ3v) is 2.36. The molecule has 0 radical (unpaired) electrons. The topological polar surface area (TPSA) is 12.0 Å². The van der Waals surface area contributed by atoms with Gasteiger partial charge in [-0.25, -0.2) is 0 Å². The summed E-state index contributed by atoms with van der Waals surface area (Å²) in [4.78, 5) is 0. The lowest BCUT2D eigenvalue weighted by Gasteiger charge is -2.20. The van der Waals surface area contributed by atoms with E-state index in [0.29, 0.717) is 12.0 Å². The summed E-state index contributed by atoms with van der Waals surface area (Å²) in [5, 5.41) is 3.42.